The number of hydrogen-bond acceptors (Lipinski definition) is 5. The molecule has 5 amide bonds. The molecule has 260 valence electrons. The van der Waals surface area contributed by atoms with Gasteiger partial charge in [-0.1, -0.05) is 29.8 Å². The van der Waals surface area contributed by atoms with Gasteiger partial charge in [-0.2, -0.15) is 13.2 Å². The molecular weight excluding hydrogens is 649 g/mol. The minimum atomic E-state index is -4.86. The summed E-state index contributed by atoms with van der Waals surface area (Å²) in [5, 5.41) is 18.7. The number of halogens is 4. The van der Waals surface area contributed by atoms with E-state index >= 15 is 0 Å². The summed E-state index contributed by atoms with van der Waals surface area (Å²) in [7, 11) is 0. The molecule has 3 fully saturated rings. The summed E-state index contributed by atoms with van der Waals surface area (Å²) in [5.41, 5.74) is 0.584. The monoisotopic (exact) mass is 690 g/mol. The van der Waals surface area contributed by atoms with Crippen LogP contribution in [0.2, 0.25) is 5.02 Å². The lowest BCUT2D eigenvalue weighted by Crippen LogP contribution is -2.57. The Labute approximate surface area is 283 Å². The number of phenolic OH excluding ortho intramolecular Hbond substituents is 1. The van der Waals surface area contributed by atoms with Crippen LogP contribution in [-0.2, 0) is 23.9 Å². The van der Waals surface area contributed by atoms with Crippen LogP contribution in [0, 0.1) is 11.8 Å². The van der Waals surface area contributed by atoms with Crippen molar-refractivity contribution in [2.45, 2.75) is 69.8 Å². The van der Waals surface area contributed by atoms with Gasteiger partial charge >= 0.3 is 18.2 Å². The molecule has 0 unspecified atom stereocenters. The smallest absolute Gasteiger partial charge is 0.420 e. The van der Waals surface area contributed by atoms with E-state index in [0.717, 1.165) is 56.1 Å². The summed E-state index contributed by atoms with van der Waals surface area (Å²) in [6.45, 7) is 4.15. The van der Waals surface area contributed by atoms with Gasteiger partial charge < -0.3 is 35.8 Å². The summed E-state index contributed by atoms with van der Waals surface area (Å²) in [5.74, 6) is -0.323. The van der Waals surface area contributed by atoms with Crippen LogP contribution in [0.3, 0.4) is 0 Å². The van der Waals surface area contributed by atoms with Crippen molar-refractivity contribution in [3.63, 3.8) is 0 Å². The third-order valence-corrected chi connectivity index (χ3v) is 10.7. The van der Waals surface area contributed by atoms with Gasteiger partial charge in [-0.3, -0.25) is 4.79 Å². The fourth-order valence-corrected chi connectivity index (χ4v) is 7.93. The highest BCUT2D eigenvalue weighted by Gasteiger charge is 2.38. The predicted octanol–water partition coefficient (Wildman–Crippen LogP) is 5.44. The SMILES string of the molecule is O=C(N[C@H](Cc1cc(Cl)c(O)c(C(F)(F)F)c1)C(=O)N1CCC(C2CCNCC2)CC1)N1CCC(N2Cc3ccccc3NC2=O)CC1. The summed E-state index contributed by atoms with van der Waals surface area (Å²) < 4.78 is 41.1. The Hall–Kier alpha value is -3.71. The first-order chi connectivity index (χ1) is 23.0. The zero-order chi connectivity index (χ0) is 34.0. The molecule has 0 bridgehead atoms. The number of fused-ring (bicyclic) bond motifs is 1. The molecule has 0 aliphatic carbocycles. The van der Waals surface area contributed by atoms with E-state index in [1.165, 1.54) is 6.07 Å². The van der Waals surface area contributed by atoms with Crippen molar-refractivity contribution in [2.24, 2.45) is 11.8 Å². The van der Waals surface area contributed by atoms with Crippen LogP contribution in [-0.4, -0.2) is 89.1 Å². The van der Waals surface area contributed by atoms with E-state index in [4.69, 9.17) is 11.6 Å². The first-order valence-corrected chi connectivity index (χ1v) is 17.1. The summed E-state index contributed by atoms with van der Waals surface area (Å²) >= 11 is 5.99. The molecule has 14 heteroatoms. The average molecular weight is 691 g/mol. The van der Waals surface area contributed by atoms with E-state index in [2.05, 4.69) is 16.0 Å². The van der Waals surface area contributed by atoms with Crippen LogP contribution >= 0.6 is 11.6 Å². The van der Waals surface area contributed by atoms with Crippen LogP contribution in [0.4, 0.5) is 28.4 Å². The number of anilines is 1. The molecule has 4 aliphatic heterocycles. The van der Waals surface area contributed by atoms with Crippen molar-refractivity contribution in [1.29, 1.82) is 0 Å². The molecule has 2 aromatic rings. The topological polar surface area (TPSA) is 117 Å². The van der Waals surface area contributed by atoms with Crippen LogP contribution in [0.25, 0.3) is 0 Å². The Morgan fingerprint density at radius 2 is 1.60 bits per heavy atom. The number of hydrogen-bond donors (Lipinski definition) is 4. The van der Waals surface area contributed by atoms with Gasteiger partial charge in [0, 0.05) is 50.9 Å². The van der Waals surface area contributed by atoms with Gasteiger partial charge in [0.1, 0.15) is 11.8 Å². The third-order valence-electron chi connectivity index (χ3n) is 10.4. The van der Waals surface area contributed by atoms with Gasteiger partial charge in [0.15, 0.2) is 0 Å². The van der Waals surface area contributed by atoms with Crippen LogP contribution in [0.5, 0.6) is 5.75 Å². The number of piperidine rings is 3. The van der Waals surface area contributed by atoms with Crippen LogP contribution in [0.1, 0.15) is 55.2 Å². The molecule has 4 N–H and O–H groups in total. The number of nitrogens with one attached hydrogen (secondary N) is 3. The number of para-hydroxylation sites is 1. The maximum atomic E-state index is 14.0. The van der Waals surface area contributed by atoms with Crippen LogP contribution in [0.15, 0.2) is 36.4 Å². The van der Waals surface area contributed by atoms with Gasteiger partial charge in [-0.25, -0.2) is 9.59 Å². The standard InChI is InChI=1S/C34H42ClF3N6O4/c35-27-18-21(17-26(30(27)45)34(36,37)38)19-29(31(46)42-13-7-23(8-14-42)22-5-11-39-12-6-22)41-32(47)43-15-9-25(10-16-43)44-20-24-3-1-2-4-28(24)40-33(44)48/h1-4,17-18,22-23,25,29,39,45H,5-16,19-20H2,(H,40,48)(H,41,47)/t29-/m1/s1. The van der Waals surface area contributed by atoms with E-state index in [1.54, 1.807) is 14.7 Å². The van der Waals surface area contributed by atoms with Crippen LogP contribution < -0.4 is 16.0 Å². The maximum Gasteiger partial charge on any atom is 0.420 e. The highest BCUT2D eigenvalue weighted by Crippen LogP contribution is 2.41. The molecule has 0 radical (unpaired) electrons. The quantitative estimate of drug-likeness (QED) is 0.323. The molecule has 10 nitrogen and oxygen atoms in total. The Balaban J connectivity index is 1.13. The first-order valence-electron chi connectivity index (χ1n) is 16.8. The summed E-state index contributed by atoms with van der Waals surface area (Å²) in [6, 6.07) is 7.71. The van der Waals surface area contributed by atoms with Crippen molar-refractivity contribution in [3.8, 4) is 5.75 Å². The number of amides is 5. The van der Waals surface area contributed by atoms with E-state index in [-0.39, 0.29) is 30.0 Å². The molecule has 0 aromatic heterocycles. The second-order valence-electron chi connectivity index (χ2n) is 13.4. The van der Waals surface area contributed by atoms with E-state index in [1.807, 2.05) is 24.3 Å². The number of urea groups is 2. The fourth-order valence-electron chi connectivity index (χ4n) is 7.69. The lowest BCUT2D eigenvalue weighted by Gasteiger charge is -2.41. The molecule has 2 aromatic carbocycles. The minimum absolute atomic E-state index is 0.0727. The van der Waals surface area contributed by atoms with Crippen molar-refractivity contribution in [1.82, 2.24) is 25.3 Å². The molecule has 4 aliphatic rings. The number of benzene rings is 2. The second kappa shape index (κ2) is 14.4. The van der Waals surface area contributed by atoms with Gasteiger partial charge in [-0.05, 0) is 92.8 Å². The number of phenols is 1. The van der Waals surface area contributed by atoms with E-state index < -0.39 is 34.6 Å². The van der Waals surface area contributed by atoms with Gasteiger partial charge in [-0.15, -0.1) is 0 Å². The largest absolute Gasteiger partial charge is 0.506 e. The Morgan fingerprint density at radius 1 is 0.958 bits per heavy atom. The molecule has 0 saturated carbocycles. The number of likely N-dealkylation sites (tertiary alicyclic amines) is 2. The van der Waals surface area contributed by atoms with Crippen molar-refractivity contribution < 1.29 is 32.7 Å². The number of nitrogens with zero attached hydrogens (tertiary/aromatic N) is 3. The van der Waals surface area contributed by atoms with Crippen molar-refractivity contribution in [2.75, 3.05) is 44.6 Å². The molecule has 0 spiro atoms. The minimum Gasteiger partial charge on any atom is -0.506 e. The Bertz CT molecular complexity index is 1500. The molecule has 6 rings (SSSR count). The fraction of sp³-hybridized carbons (Fsp3) is 0.559. The predicted molar refractivity (Wildman–Crippen MR) is 175 cm³/mol. The summed E-state index contributed by atoms with van der Waals surface area (Å²) in [4.78, 5) is 45.5. The van der Waals surface area contributed by atoms with E-state index in [0.29, 0.717) is 57.4 Å². The van der Waals surface area contributed by atoms with Gasteiger partial charge in [0.25, 0.3) is 0 Å². The number of carbonyl (C=O) groups excluding carboxylic acids is 3. The lowest BCUT2D eigenvalue weighted by atomic mass is 9.79. The van der Waals surface area contributed by atoms with Crippen molar-refractivity contribution >= 4 is 35.3 Å². The first kappa shape index (κ1) is 34.2. The summed E-state index contributed by atoms with van der Waals surface area (Å²) in [6.07, 6.45) is -0.139. The molecule has 1 atom stereocenters. The average Bonchev–Trinajstić information content (AvgIpc) is 3.09. The zero-order valence-corrected chi connectivity index (χ0v) is 27.5. The second-order valence-corrected chi connectivity index (χ2v) is 13.8. The number of carbonyl (C=O) groups is 3. The Morgan fingerprint density at radius 3 is 2.29 bits per heavy atom. The molecule has 3 saturated heterocycles. The normalized spacial score (nSPS) is 20.7. The van der Waals surface area contributed by atoms with Crippen molar-refractivity contribution in [3.05, 3.63) is 58.1 Å². The highest BCUT2D eigenvalue weighted by molar-refractivity contribution is 6.32. The number of alkyl halides is 3. The molecule has 48 heavy (non-hydrogen) atoms. The third kappa shape index (κ3) is 7.62. The lowest BCUT2D eigenvalue weighted by molar-refractivity contribution is -0.138. The Kier molecular flexibility index (Phi) is 10.3. The highest BCUT2D eigenvalue weighted by atomic mass is 35.5. The molecular formula is C34H42ClF3N6O4. The van der Waals surface area contributed by atoms with E-state index in [9.17, 15) is 32.7 Å². The van der Waals surface area contributed by atoms with Gasteiger partial charge in [0.2, 0.25) is 5.91 Å². The maximum absolute atomic E-state index is 14.0. The number of aromatic hydroxyl groups is 1. The number of rotatable bonds is 6. The molecule has 4 heterocycles. The zero-order valence-electron chi connectivity index (χ0n) is 26.7. The van der Waals surface area contributed by atoms with Gasteiger partial charge in [0.05, 0.1) is 10.6 Å².